The zero-order valence-electron chi connectivity index (χ0n) is 18.1. The number of aromatic amines is 1. The number of aryl methyl sites for hydroxylation is 2. The Bertz CT molecular complexity index is 1270. The molecule has 0 aliphatic rings. The molecule has 0 spiro atoms. The van der Waals surface area contributed by atoms with Crippen molar-refractivity contribution in [3.63, 3.8) is 0 Å². The van der Waals surface area contributed by atoms with E-state index in [0.717, 1.165) is 45.6 Å². The summed E-state index contributed by atoms with van der Waals surface area (Å²) in [6, 6.07) is 16.0. The fourth-order valence-corrected chi connectivity index (χ4v) is 5.37. The van der Waals surface area contributed by atoms with E-state index in [1.165, 1.54) is 23.1 Å². The zero-order chi connectivity index (χ0) is 22.5. The normalized spacial score (nSPS) is 11.1. The van der Waals surface area contributed by atoms with Gasteiger partial charge in [-0.25, -0.2) is 4.98 Å². The summed E-state index contributed by atoms with van der Waals surface area (Å²) < 4.78 is 0. The summed E-state index contributed by atoms with van der Waals surface area (Å²) in [7, 11) is 0. The Kier molecular flexibility index (Phi) is 7.07. The zero-order valence-corrected chi connectivity index (χ0v) is 19.7. The number of carbonyl (C=O) groups excluding carboxylic acids is 1. The molecule has 5 nitrogen and oxygen atoms in total. The summed E-state index contributed by atoms with van der Waals surface area (Å²) in [4.78, 5) is 33.6. The van der Waals surface area contributed by atoms with Gasteiger partial charge in [0.25, 0.3) is 5.56 Å². The summed E-state index contributed by atoms with van der Waals surface area (Å²) >= 11 is 2.91. The second-order valence-corrected chi connectivity index (χ2v) is 9.25. The fraction of sp³-hybridized carbons (Fsp3) is 0.240. The van der Waals surface area contributed by atoms with Crippen molar-refractivity contribution < 1.29 is 4.79 Å². The van der Waals surface area contributed by atoms with Crippen molar-refractivity contribution >= 4 is 44.9 Å². The van der Waals surface area contributed by atoms with Crippen LogP contribution in [0.3, 0.4) is 0 Å². The van der Waals surface area contributed by atoms with Gasteiger partial charge in [-0.2, -0.15) is 0 Å². The lowest BCUT2D eigenvalue weighted by Crippen LogP contribution is -2.17. The molecule has 0 aliphatic carbocycles. The summed E-state index contributed by atoms with van der Waals surface area (Å²) in [6.45, 7) is 4.18. The van der Waals surface area contributed by atoms with Crippen molar-refractivity contribution in [2.45, 2.75) is 32.4 Å². The van der Waals surface area contributed by atoms with E-state index in [9.17, 15) is 9.59 Å². The Hall–Kier alpha value is -2.90. The second-order valence-electron chi connectivity index (χ2n) is 7.41. The average molecular weight is 464 g/mol. The Balaban J connectivity index is 1.43. The minimum atomic E-state index is -0.139. The molecule has 4 aromatic rings. The summed E-state index contributed by atoms with van der Waals surface area (Å²) in [5.74, 6) is 1.30. The molecule has 2 aromatic heterocycles. The van der Waals surface area contributed by atoms with Crippen LogP contribution in [0.5, 0.6) is 0 Å². The molecular weight excluding hydrogens is 438 g/mol. The van der Waals surface area contributed by atoms with Crippen LogP contribution in [-0.2, 0) is 23.4 Å². The van der Waals surface area contributed by atoms with E-state index >= 15 is 0 Å². The van der Waals surface area contributed by atoms with Gasteiger partial charge in [-0.15, -0.1) is 23.1 Å². The van der Waals surface area contributed by atoms with E-state index in [-0.39, 0.29) is 11.5 Å². The van der Waals surface area contributed by atoms with Gasteiger partial charge < -0.3 is 10.3 Å². The topological polar surface area (TPSA) is 74.8 Å². The molecular formula is C25H25N3O2S2. The number of para-hydroxylation sites is 1. The average Bonchev–Trinajstić information content (AvgIpc) is 3.24. The van der Waals surface area contributed by atoms with Crippen molar-refractivity contribution in [2.75, 3.05) is 11.1 Å². The second kappa shape index (κ2) is 10.1. The predicted molar refractivity (Wildman–Crippen MR) is 136 cm³/mol. The van der Waals surface area contributed by atoms with E-state index in [1.54, 1.807) is 0 Å². The van der Waals surface area contributed by atoms with Crippen LogP contribution >= 0.6 is 23.1 Å². The monoisotopic (exact) mass is 463 g/mol. The third kappa shape index (κ3) is 4.79. The first-order valence-corrected chi connectivity index (χ1v) is 12.7. The van der Waals surface area contributed by atoms with Crippen molar-refractivity contribution in [2.24, 2.45) is 0 Å². The van der Waals surface area contributed by atoms with Gasteiger partial charge in [-0.1, -0.05) is 62.4 Å². The van der Waals surface area contributed by atoms with Crippen LogP contribution in [0.2, 0.25) is 0 Å². The molecule has 0 saturated carbocycles. The largest absolute Gasteiger partial charge is 0.325 e. The number of anilines is 1. The van der Waals surface area contributed by atoms with Gasteiger partial charge in [-0.3, -0.25) is 9.59 Å². The van der Waals surface area contributed by atoms with E-state index < -0.39 is 0 Å². The first-order valence-electron chi connectivity index (χ1n) is 10.6. The molecule has 0 aliphatic heterocycles. The number of hydrogen-bond donors (Lipinski definition) is 2. The number of nitrogens with zero attached hydrogens (tertiary/aromatic N) is 1. The fourth-order valence-electron chi connectivity index (χ4n) is 3.71. The number of hydrogen-bond acceptors (Lipinski definition) is 5. The van der Waals surface area contributed by atoms with E-state index in [0.29, 0.717) is 22.7 Å². The van der Waals surface area contributed by atoms with E-state index in [2.05, 4.69) is 41.3 Å². The Morgan fingerprint density at radius 2 is 1.78 bits per heavy atom. The number of aromatic nitrogens is 2. The van der Waals surface area contributed by atoms with Gasteiger partial charge in [0.1, 0.15) is 10.7 Å². The Morgan fingerprint density at radius 3 is 2.47 bits per heavy atom. The van der Waals surface area contributed by atoms with Crippen LogP contribution in [0.1, 0.15) is 30.8 Å². The maximum atomic E-state index is 12.8. The highest BCUT2D eigenvalue weighted by atomic mass is 32.2. The lowest BCUT2D eigenvalue weighted by Gasteiger charge is -2.14. The maximum Gasteiger partial charge on any atom is 0.260 e. The van der Waals surface area contributed by atoms with Crippen molar-refractivity contribution in [3.8, 4) is 11.1 Å². The first-order chi connectivity index (χ1) is 15.6. The lowest BCUT2D eigenvalue weighted by molar-refractivity contribution is -0.113. The quantitative estimate of drug-likeness (QED) is 0.354. The molecule has 164 valence electrons. The molecule has 0 saturated heterocycles. The number of amides is 1. The van der Waals surface area contributed by atoms with Gasteiger partial charge in [0.05, 0.1) is 16.9 Å². The molecule has 32 heavy (non-hydrogen) atoms. The van der Waals surface area contributed by atoms with Gasteiger partial charge in [0, 0.05) is 16.6 Å². The number of thiophene rings is 1. The third-order valence-corrected chi connectivity index (χ3v) is 7.13. The number of carbonyl (C=O) groups is 1. The highest BCUT2D eigenvalue weighted by Crippen LogP contribution is 2.30. The van der Waals surface area contributed by atoms with Gasteiger partial charge in [0.15, 0.2) is 0 Å². The van der Waals surface area contributed by atoms with Gasteiger partial charge in [0.2, 0.25) is 5.91 Å². The molecule has 1 amide bonds. The summed E-state index contributed by atoms with van der Waals surface area (Å²) in [5.41, 5.74) is 4.99. The molecule has 2 heterocycles. The smallest absolute Gasteiger partial charge is 0.260 e. The van der Waals surface area contributed by atoms with E-state index in [4.69, 9.17) is 0 Å². The van der Waals surface area contributed by atoms with Crippen LogP contribution in [-0.4, -0.2) is 21.6 Å². The molecule has 0 atom stereocenters. The first kappa shape index (κ1) is 22.3. The molecule has 2 N–H and O–H groups in total. The van der Waals surface area contributed by atoms with Crippen LogP contribution in [0.4, 0.5) is 5.69 Å². The van der Waals surface area contributed by atoms with E-state index in [1.807, 2.05) is 41.8 Å². The Labute approximate surface area is 195 Å². The minimum absolute atomic E-state index is 0.0449. The molecule has 4 rings (SSSR count). The van der Waals surface area contributed by atoms with Gasteiger partial charge in [-0.05, 0) is 29.5 Å². The third-order valence-electron chi connectivity index (χ3n) is 5.31. The number of benzene rings is 2. The van der Waals surface area contributed by atoms with Crippen LogP contribution < -0.4 is 10.9 Å². The molecule has 0 fully saturated rings. The predicted octanol–water partition coefficient (Wildman–Crippen LogP) is 5.65. The highest BCUT2D eigenvalue weighted by Gasteiger charge is 2.14. The summed E-state index contributed by atoms with van der Waals surface area (Å²) in [6.07, 6.45) is 1.74. The number of rotatable bonds is 8. The number of fused-ring (bicyclic) bond motifs is 1. The Morgan fingerprint density at radius 1 is 1.06 bits per heavy atom. The number of H-pyrrole nitrogens is 1. The minimum Gasteiger partial charge on any atom is -0.325 e. The standard InChI is InChI=1S/C25H25N3O2S2/c1-3-16-11-8-12-17(4-2)23(16)28-21(29)15-31-14-20-26-24(30)22-19(13-32-25(22)27-20)18-9-6-5-7-10-18/h5-13H,3-4,14-15H2,1-2H3,(H,28,29)(H,26,27,30). The van der Waals surface area contributed by atoms with Crippen LogP contribution in [0.25, 0.3) is 21.3 Å². The maximum absolute atomic E-state index is 12.8. The molecule has 7 heteroatoms. The molecule has 0 bridgehead atoms. The summed E-state index contributed by atoms with van der Waals surface area (Å²) in [5, 5.41) is 5.68. The SMILES string of the molecule is CCc1cccc(CC)c1NC(=O)CSCc1nc2scc(-c3ccccc3)c2c(=O)[nH]1. The van der Waals surface area contributed by atoms with Gasteiger partial charge >= 0.3 is 0 Å². The molecule has 0 radical (unpaired) electrons. The molecule has 0 unspecified atom stereocenters. The van der Waals surface area contributed by atoms with Crippen LogP contribution in [0, 0.1) is 0 Å². The molecule has 2 aromatic carbocycles. The lowest BCUT2D eigenvalue weighted by atomic mass is 10.0. The van der Waals surface area contributed by atoms with Crippen LogP contribution in [0.15, 0.2) is 58.7 Å². The van der Waals surface area contributed by atoms with Crippen molar-refractivity contribution in [3.05, 3.63) is 81.2 Å². The highest BCUT2D eigenvalue weighted by molar-refractivity contribution is 7.99. The number of thioether (sulfide) groups is 1. The number of nitrogens with one attached hydrogen (secondary N) is 2. The van der Waals surface area contributed by atoms with Crippen molar-refractivity contribution in [1.82, 2.24) is 9.97 Å². The van der Waals surface area contributed by atoms with Crippen molar-refractivity contribution in [1.29, 1.82) is 0 Å².